The second kappa shape index (κ2) is 8.82. The number of aromatic nitrogens is 1. The zero-order valence-electron chi connectivity index (χ0n) is 8.56. The summed E-state index contributed by atoms with van der Waals surface area (Å²) in [6, 6.07) is 3.17. The van der Waals surface area contributed by atoms with Crippen LogP contribution in [0.5, 0.6) is 0 Å². The third kappa shape index (κ3) is 4.70. The first-order valence-electron chi connectivity index (χ1n) is 4.43. The molecule has 0 spiro atoms. The lowest BCUT2D eigenvalue weighted by Gasteiger charge is -2.28. The number of nitrogens with one attached hydrogen (secondary N) is 1. The molecule has 0 atom stereocenters. The van der Waals surface area contributed by atoms with Gasteiger partial charge in [-0.3, -0.25) is 0 Å². The summed E-state index contributed by atoms with van der Waals surface area (Å²) in [5.41, 5.74) is 0. The van der Waals surface area contributed by atoms with Crippen molar-refractivity contribution in [3.8, 4) is 0 Å². The number of nitrogens with zero attached hydrogens (tertiary/aromatic N) is 2. The van der Waals surface area contributed by atoms with Crippen LogP contribution in [-0.4, -0.2) is 31.2 Å². The second-order valence-electron chi connectivity index (χ2n) is 3.07. The molecule has 1 saturated heterocycles. The van der Waals surface area contributed by atoms with Crippen molar-refractivity contribution in [2.45, 2.75) is 0 Å². The third-order valence-electron chi connectivity index (χ3n) is 2.15. The summed E-state index contributed by atoms with van der Waals surface area (Å²) in [7, 11) is 0. The monoisotopic (exact) mass is 289 g/mol. The van der Waals surface area contributed by atoms with Crippen LogP contribution in [0.2, 0.25) is 0 Å². The number of halogens is 4. The molecule has 0 radical (unpaired) electrons. The van der Waals surface area contributed by atoms with Gasteiger partial charge in [-0.2, -0.15) is 0 Å². The molecule has 0 saturated carbocycles. The Balaban J connectivity index is 0. The highest BCUT2D eigenvalue weighted by Gasteiger charge is 2.10. The van der Waals surface area contributed by atoms with Gasteiger partial charge in [-0.15, -0.1) is 37.2 Å². The molecule has 1 aliphatic heterocycles. The Morgan fingerprint density at radius 3 is 2.25 bits per heavy atom. The molecule has 16 heavy (non-hydrogen) atoms. The molecule has 2 heterocycles. The van der Waals surface area contributed by atoms with Crippen molar-refractivity contribution in [3.05, 3.63) is 24.1 Å². The van der Waals surface area contributed by atoms with Gasteiger partial charge in [-0.1, -0.05) is 0 Å². The molecule has 3 nitrogen and oxygen atoms in total. The molecule has 0 unspecified atom stereocenters. The van der Waals surface area contributed by atoms with Crippen molar-refractivity contribution in [2.75, 3.05) is 31.1 Å². The first kappa shape index (κ1) is 18.1. The van der Waals surface area contributed by atoms with Crippen molar-refractivity contribution in [3.63, 3.8) is 0 Å². The largest absolute Gasteiger partial charge is 0.354 e. The number of anilines is 1. The summed E-state index contributed by atoms with van der Waals surface area (Å²) >= 11 is 0. The van der Waals surface area contributed by atoms with E-state index in [1.54, 1.807) is 6.07 Å². The molecule has 0 bridgehead atoms. The Bertz CT molecular complexity index is 278. The molecular formula is C9H15Cl3FN3. The molecule has 1 fully saturated rings. The fourth-order valence-corrected chi connectivity index (χ4v) is 1.45. The fraction of sp³-hybridized carbons (Fsp3) is 0.444. The van der Waals surface area contributed by atoms with Crippen molar-refractivity contribution in [2.24, 2.45) is 0 Å². The third-order valence-corrected chi connectivity index (χ3v) is 2.15. The molecule has 1 N–H and O–H groups in total. The van der Waals surface area contributed by atoms with E-state index in [2.05, 4.69) is 15.2 Å². The van der Waals surface area contributed by atoms with Gasteiger partial charge in [0.15, 0.2) is 0 Å². The Morgan fingerprint density at radius 1 is 1.12 bits per heavy atom. The summed E-state index contributed by atoms with van der Waals surface area (Å²) in [5, 5.41) is 3.25. The van der Waals surface area contributed by atoms with Crippen LogP contribution >= 0.6 is 37.2 Å². The normalized spacial score (nSPS) is 14.2. The number of piperazine rings is 1. The average molecular weight is 291 g/mol. The summed E-state index contributed by atoms with van der Waals surface area (Å²) < 4.78 is 12.6. The lowest BCUT2D eigenvalue weighted by molar-refractivity contribution is 0.581. The maximum absolute atomic E-state index is 12.6. The van der Waals surface area contributed by atoms with Crippen molar-refractivity contribution in [1.82, 2.24) is 10.3 Å². The minimum Gasteiger partial charge on any atom is -0.354 e. The van der Waals surface area contributed by atoms with Gasteiger partial charge in [0.2, 0.25) is 0 Å². The van der Waals surface area contributed by atoms with Crippen molar-refractivity contribution in [1.29, 1.82) is 0 Å². The lowest BCUT2D eigenvalue weighted by atomic mass is 10.3. The van der Waals surface area contributed by atoms with E-state index < -0.39 is 0 Å². The number of pyridine rings is 1. The summed E-state index contributed by atoms with van der Waals surface area (Å²) in [5.74, 6) is 0.585. The van der Waals surface area contributed by atoms with E-state index in [9.17, 15) is 4.39 Å². The number of hydrogen-bond donors (Lipinski definition) is 1. The van der Waals surface area contributed by atoms with Crippen LogP contribution in [0.3, 0.4) is 0 Å². The predicted molar refractivity (Wildman–Crippen MR) is 71.0 cm³/mol. The number of rotatable bonds is 1. The Kier molecular flexibility index (Phi) is 9.96. The molecule has 7 heteroatoms. The first-order valence-corrected chi connectivity index (χ1v) is 4.43. The van der Waals surface area contributed by atoms with Crippen LogP contribution in [-0.2, 0) is 0 Å². The maximum atomic E-state index is 12.6. The van der Waals surface area contributed by atoms with Crippen LogP contribution in [0.4, 0.5) is 10.2 Å². The van der Waals surface area contributed by atoms with Gasteiger partial charge in [-0.05, 0) is 12.1 Å². The van der Waals surface area contributed by atoms with Gasteiger partial charge < -0.3 is 10.2 Å². The molecular weight excluding hydrogens is 275 g/mol. The van der Waals surface area contributed by atoms with Crippen molar-refractivity contribution < 1.29 is 4.39 Å². The van der Waals surface area contributed by atoms with Crippen LogP contribution in [0.1, 0.15) is 0 Å². The van der Waals surface area contributed by atoms with Crippen LogP contribution in [0, 0.1) is 5.82 Å². The van der Waals surface area contributed by atoms with E-state index in [-0.39, 0.29) is 43.0 Å². The van der Waals surface area contributed by atoms with E-state index >= 15 is 0 Å². The molecule has 1 aromatic rings. The van der Waals surface area contributed by atoms with E-state index in [0.29, 0.717) is 0 Å². The molecule has 0 amide bonds. The van der Waals surface area contributed by atoms with E-state index in [1.807, 2.05) is 0 Å². The minimum absolute atomic E-state index is 0. The van der Waals surface area contributed by atoms with Gasteiger partial charge in [-0.25, -0.2) is 9.37 Å². The van der Waals surface area contributed by atoms with Crippen LogP contribution in [0.15, 0.2) is 18.3 Å². The number of hydrogen-bond acceptors (Lipinski definition) is 3. The zero-order chi connectivity index (χ0) is 9.10. The van der Waals surface area contributed by atoms with Gasteiger partial charge >= 0.3 is 0 Å². The predicted octanol–water partition coefficient (Wildman–Crippen LogP) is 1.90. The van der Waals surface area contributed by atoms with E-state index in [1.165, 1.54) is 12.3 Å². The first-order chi connectivity index (χ1) is 6.36. The van der Waals surface area contributed by atoms with Crippen LogP contribution in [0.25, 0.3) is 0 Å². The van der Waals surface area contributed by atoms with Gasteiger partial charge in [0.1, 0.15) is 11.6 Å². The Morgan fingerprint density at radius 2 is 1.75 bits per heavy atom. The summed E-state index contributed by atoms with van der Waals surface area (Å²) in [6.07, 6.45) is 1.26. The molecule has 2 rings (SSSR count). The highest BCUT2D eigenvalue weighted by molar-refractivity contribution is 5.86. The van der Waals surface area contributed by atoms with Crippen LogP contribution < -0.4 is 10.2 Å². The molecule has 1 aromatic heterocycles. The van der Waals surface area contributed by atoms with Crippen molar-refractivity contribution >= 4 is 43.0 Å². The summed E-state index contributed by atoms with van der Waals surface area (Å²) in [4.78, 5) is 6.17. The van der Waals surface area contributed by atoms with Gasteiger partial charge in [0, 0.05) is 26.2 Å². The fourth-order valence-electron chi connectivity index (χ4n) is 1.45. The topological polar surface area (TPSA) is 28.2 Å². The highest BCUT2D eigenvalue weighted by Crippen LogP contribution is 2.10. The standard InChI is InChI=1S/C9H12FN3.3ClH/c10-8-1-2-9(12-7-8)13-5-3-11-4-6-13;;;/h1-2,7,11H,3-6H2;3*1H. The molecule has 94 valence electrons. The molecule has 1 aliphatic rings. The zero-order valence-corrected chi connectivity index (χ0v) is 11.0. The smallest absolute Gasteiger partial charge is 0.141 e. The Hall–Kier alpha value is -0.290. The SMILES string of the molecule is Cl.Cl.Cl.Fc1ccc(N2CCNCC2)nc1. The quantitative estimate of drug-likeness (QED) is 0.856. The van der Waals surface area contributed by atoms with E-state index in [4.69, 9.17) is 0 Å². The van der Waals surface area contributed by atoms with E-state index in [0.717, 1.165) is 32.0 Å². The Labute approximate surface area is 113 Å². The summed E-state index contributed by atoms with van der Waals surface area (Å²) in [6.45, 7) is 3.83. The second-order valence-corrected chi connectivity index (χ2v) is 3.07. The highest BCUT2D eigenvalue weighted by atomic mass is 35.5. The average Bonchev–Trinajstić information content (AvgIpc) is 2.20. The van der Waals surface area contributed by atoms with Gasteiger partial charge in [0.05, 0.1) is 6.20 Å². The maximum Gasteiger partial charge on any atom is 0.141 e. The molecule has 0 aliphatic carbocycles. The van der Waals surface area contributed by atoms with Gasteiger partial charge in [0.25, 0.3) is 0 Å². The lowest BCUT2D eigenvalue weighted by Crippen LogP contribution is -2.43. The minimum atomic E-state index is -0.279. The molecule has 0 aromatic carbocycles.